The molecule has 1 aliphatic heterocycles. The number of nitrogens with zero attached hydrogens (tertiary/aromatic N) is 2. The Balaban J connectivity index is 1.87. The van der Waals surface area contributed by atoms with Gasteiger partial charge in [-0.15, -0.1) is 0 Å². The minimum atomic E-state index is -1.52. The molecule has 1 saturated heterocycles. The monoisotopic (exact) mass is 485 g/mol. The van der Waals surface area contributed by atoms with Gasteiger partial charge in [0.15, 0.2) is 0 Å². The number of anilines is 1. The van der Waals surface area contributed by atoms with E-state index in [0.717, 1.165) is 31.6 Å². The molecule has 0 saturated carbocycles. The van der Waals surface area contributed by atoms with Crippen LogP contribution in [0.3, 0.4) is 0 Å². The van der Waals surface area contributed by atoms with E-state index in [9.17, 15) is 14.1 Å². The minimum absolute atomic E-state index is 0.0367. The molecule has 3 rings (SSSR count). The molecule has 0 amide bonds. The molecule has 1 unspecified atom stereocenters. The zero-order valence-corrected chi connectivity index (χ0v) is 20.3. The number of rotatable bonds is 6. The lowest BCUT2D eigenvalue weighted by Crippen LogP contribution is -2.39. The highest BCUT2D eigenvalue weighted by molar-refractivity contribution is 7.84. The van der Waals surface area contributed by atoms with Gasteiger partial charge in [0.25, 0.3) is 5.56 Å². The quantitative estimate of drug-likeness (QED) is 0.641. The van der Waals surface area contributed by atoms with Gasteiger partial charge in [-0.2, -0.15) is 0 Å². The summed E-state index contributed by atoms with van der Waals surface area (Å²) >= 11 is 12.3. The Hall–Kier alpha value is -1.54. The van der Waals surface area contributed by atoms with Crippen LogP contribution in [0.2, 0.25) is 10.0 Å². The smallest absolute Gasteiger partial charge is 0.252 e. The molecule has 6 nitrogen and oxygen atoms in total. The van der Waals surface area contributed by atoms with E-state index in [2.05, 4.69) is 4.90 Å². The Kier molecular flexibility index (Phi) is 7.41. The van der Waals surface area contributed by atoms with Gasteiger partial charge in [0.2, 0.25) is 0 Å². The first-order chi connectivity index (χ1) is 14.5. The van der Waals surface area contributed by atoms with Crippen LogP contribution in [0.1, 0.15) is 44.6 Å². The van der Waals surface area contributed by atoms with Crippen LogP contribution in [0, 0.1) is 5.92 Å². The van der Waals surface area contributed by atoms with Crippen molar-refractivity contribution in [3.05, 3.63) is 56.4 Å². The average Bonchev–Trinajstić information content (AvgIpc) is 2.71. The summed E-state index contributed by atoms with van der Waals surface area (Å²) in [6.45, 7) is 5.31. The van der Waals surface area contributed by atoms with Crippen LogP contribution in [-0.4, -0.2) is 31.7 Å². The number of aromatic nitrogens is 1. The van der Waals surface area contributed by atoms with Crippen LogP contribution in [0.4, 0.5) is 5.69 Å². The van der Waals surface area contributed by atoms with Crippen molar-refractivity contribution in [1.29, 1.82) is 0 Å². The van der Waals surface area contributed by atoms with Crippen LogP contribution in [0.25, 0.3) is 0 Å². The van der Waals surface area contributed by atoms with Crippen molar-refractivity contribution >= 4 is 39.9 Å². The number of nitrogens with two attached hydrogens (primary N) is 1. The molecule has 2 atom stereocenters. The fourth-order valence-corrected chi connectivity index (χ4v) is 4.96. The van der Waals surface area contributed by atoms with E-state index in [1.54, 1.807) is 29.9 Å². The highest BCUT2D eigenvalue weighted by Gasteiger charge is 2.36. The topological polar surface area (TPSA) is 88.6 Å². The number of halogens is 2. The fourth-order valence-electron chi connectivity index (χ4n) is 4.29. The van der Waals surface area contributed by atoms with Gasteiger partial charge in [-0.05, 0) is 62.6 Å². The van der Waals surface area contributed by atoms with Gasteiger partial charge >= 0.3 is 0 Å². The maximum absolute atomic E-state index is 12.2. The molecule has 9 heteroatoms. The van der Waals surface area contributed by atoms with Gasteiger partial charge in [0.1, 0.15) is 5.75 Å². The third-order valence-corrected chi connectivity index (χ3v) is 8.26. The number of aryl methyl sites for hydroxylation is 1. The predicted molar refractivity (Wildman–Crippen MR) is 129 cm³/mol. The SMILES string of the molecule is Cn1ccc(N2CCC([C@@H](CC(C)(C)S(N)=O)c3cc(Cl)c(Cl)cc3O)CC2)cc1=O. The molecule has 0 radical (unpaired) electrons. The van der Waals surface area contributed by atoms with Gasteiger partial charge in [-0.25, -0.2) is 4.21 Å². The number of pyridine rings is 1. The summed E-state index contributed by atoms with van der Waals surface area (Å²) in [5.41, 5.74) is 1.59. The van der Waals surface area contributed by atoms with E-state index in [1.165, 1.54) is 6.07 Å². The summed E-state index contributed by atoms with van der Waals surface area (Å²) in [4.78, 5) is 14.2. The highest BCUT2D eigenvalue weighted by Crippen LogP contribution is 2.45. The average molecular weight is 486 g/mol. The highest BCUT2D eigenvalue weighted by atomic mass is 35.5. The predicted octanol–water partition coefficient (Wildman–Crippen LogP) is 4.19. The van der Waals surface area contributed by atoms with Crippen molar-refractivity contribution < 1.29 is 9.32 Å². The van der Waals surface area contributed by atoms with E-state index >= 15 is 0 Å². The molecule has 0 spiro atoms. The number of hydrogen-bond acceptors (Lipinski definition) is 4. The molecule has 170 valence electrons. The number of benzene rings is 1. The standard InChI is InChI=1S/C22H29Cl2N3O3S/c1-22(2,31(25)30)13-17(16-11-18(23)19(24)12-20(16)28)14-4-8-27(9-5-14)15-6-7-26(3)21(29)10-15/h6-7,10-12,14,17,28H,4-5,8-9,13,25H2,1-3H3/t17-,31?/m1/s1. The Bertz CT molecular complexity index is 1030. The van der Waals surface area contributed by atoms with Crippen molar-refractivity contribution in [2.45, 2.75) is 43.8 Å². The zero-order chi connectivity index (χ0) is 22.9. The third-order valence-electron chi connectivity index (χ3n) is 6.29. The summed E-state index contributed by atoms with van der Waals surface area (Å²) in [5, 5.41) is 17.1. The van der Waals surface area contributed by atoms with E-state index in [4.69, 9.17) is 28.3 Å². The molecule has 2 heterocycles. The lowest BCUT2D eigenvalue weighted by Gasteiger charge is -2.39. The first-order valence-electron chi connectivity index (χ1n) is 10.3. The molecule has 2 aromatic rings. The van der Waals surface area contributed by atoms with Gasteiger partial charge in [0, 0.05) is 44.2 Å². The zero-order valence-electron chi connectivity index (χ0n) is 18.0. The van der Waals surface area contributed by atoms with E-state index in [1.807, 2.05) is 19.9 Å². The lowest BCUT2D eigenvalue weighted by molar-refractivity contribution is 0.304. The maximum Gasteiger partial charge on any atom is 0.252 e. The number of phenolic OH excluding ortho intramolecular Hbond substituents is 1. The van der Waals surface area contributed by atoms with Crippen molar-refractivity contribution in [2.24, 2.45) is 18.1 Å². The molecular formula is C22H29Cl2N3O3S. The van der Waals surface area contributed by atoms with E-state index in [0.29, 0.717) is 22.0 Å². The third kappa shape index (κ3) is 5.45. The molecule has 0 aliphatic carbocycles. The lowest BCUT2D eigenvalue weighted by atomic mass is 9.75. The van der Waals surface area contributed by atoms with Crippen LogP contribution < -0.4 is 15.6 Å². The Labute approximate surface area is 195 Å². The number of piperidine rings is 1. The van der Waals surface area contributed by atoms with E-state index < -0.39 is 15.7 Å². The Morgan fingerprint density at radius 1 is 1.23 bits per heavy atom. The van der Waals surface area contributed by atoms with E-state index in [-0.39, 0.29) is 23.1 Å². The van der Waals surface area contributed by atoms with Gasteiger partial charge in [-0.3, -0.25) is 9.93 Å². The summed E-state index contributed by atoms with van der Waals surface area (Å²) < 4.78 is 13.1. The molecule has 1 fully saturated rings. The number of phenols is 1. The van der Waals surface area contributed by atoms with Gasteiger partial charge in [0.05, 0.1) is 25.8 Å². The summed E-state index contributed by atoms with van der Waals surface area (Å²) in [6, 6.07) is 6.79. The van der Waals surface area contributed by atoms with Crippen molar-refractivity contribution in [2.75, 3.05) is 18.0 Å². The molecule has 1 aromatic carbocycles. The number of aromatic hydroxyl groups is 1. The van der Waals surface area contributed by atoms with Gasteiger partial charge < -0.3 is 14.6 Å². The fraction of sp³-hybridized carbons (Fsp3) is 0.500. The van der Waals surface area contributed by atoms with Crippen LogP contribution in [0.5, 0.6) is 5.75 Å². The molecule has 1 aliphatic rings. The van der Waals surface area contributed by atoms with Crippen LogP contribution in [-0.2, 0) is 18.0 Å². The normalized spacial score (nSPS) is 17.5. The first kappa shape index (κ1) is 24.1. The van der Waals surface area contributed by atoms with Crippen molar-refractivity contribution in [3.8, 4) is 5.75 Å². The maximum atomic E-state index is 12.2. The Morgan fingerprint density at radius 3 is 2.42 bits per heavy atom. The second-order valence-electron chi connectivity index (χ2n) is 8.85. The first-order valence-corrected chi connectivity index (χ1v) is 12.2. The molecule has 1 aromatic heterocycles. The summed E-state index contributed by atoms with van der Waals surface area (Å²) in [5.74, 6) is 0.240. The largest absolute Gasteiger partial charge is 0.508 e. The van der Waals surface area contributed by atoms with Crippen LogP contribution in [0.15, 0.2) is 35.3 Å². The molecule has 31 heavy (non-hydrogen) atoms. The Morgan fingerprint density at radius 2 is 1.84 bits per heavy atom. The van der Waals surface area contributed by atoms with Gasteiger partial charge in [-0.1, -0.05) is 23.2 Å². The summed E-state index contributed by atoms with van der Waals surface area (Å²) in [7, 11) is 0.211. The second-order valence-corrected chi connectivity index (χ2v) is 11.4. The van der Waals surface area contributed by atoms with Crippen molar-refractivity contribution in [3.63, 3.8) is 0 Å². The molecular weight excluding hydrogens is 457 g/mol. The van der Waals surface area contributed by atoms with Crippen molar-refractivity contribution in [1.82, 2.24) is 4.57 Å². The van der Waals surface area contributed by atoms with Crippen LogP contribution >= 0.6 is 23.2 Å². The second kappa shape index (κ2) is 9.53. The number of hydrogen-bond donors (Lipinski definition) is 2. The summed E-state index contributed by atoms with van der Waals surface area (Å²) in [6.07, 6.45) is 4.03. The minimum Gasteiger partial charge on any atom is -0.508 e. The molecule has 3 N–H and O–H groups in total. The molecule has 0 bridgehead atoms.